The summed E-state index contributed by atoms with van der Waals surface area (Å²) in [6, 6.07) is 10.4. The summed E-state index contributed by atoms with van der Waals surface area (Å²) >= 11 is 2.23. The van der Waals surface area contributed by atoms with Crippen molar-refractivity contribution in [2.24, 2.45) is 0 Å². The van der Waals surface area contributed by atoms with Gasteiger partial charge in [-0.15, -0.1) is 0 Å². The quantitative estimate of drug-likeness (QED) is 0.671. The van der Waals surface area contributed by atoms with E-state index < -0.39 is 0 Å². The third-order valence-corrected chi connectivity index (χ3v) is 4.23. The van der Waals surface area contributed by atoms with Crippen molar-refractivity contribution >= 4 is 39.2 Å². The number of hydrogen-bond donors (Lipinski definition) is 1. The zero-order valence-electron chi connectivity index (χ0n) is 10.4. The third-order valence-electron chi connectivity index (χ3n) is 3.10. The van der Waals surface area contributed by atoms with Crippen molar-refractivity contribution in [3.63, 3.8) is 0 Å². The van der Waals surface area contributed by atoms with Gasteiger partial charge in [0.15, 0.2) is 0 Å². The zero-order valence-corrected chi connectivity index (χ0v) is 12.5. The van der Waals surface area contributed by atoms with E-state index in [1.165, 1.54) is 0 Å². The van der Waals surface area contributed by atoms with E-state index in [9.17, 15) is 0 Å². The molecular formula is C15H12IN3. The van der Waals surface area contributed by atoms with Crippen LogP contribution in [0.15, 0.2) is 42.7 Å². The Morgan fingerprint density at radius 1 is 1.00 bits per heavy atom. The minimum atomic E-state index is 0.581. The van der Waals surface area contributed by atoms with Crippen LogP contribution in [0.3, 0.4) is 0 Å². The molecule has 2 aromatic heterocycles. The molecule has 1 aromatic carbocycles. The largest absolute Gasteiger partial charge is 0.383 e. The van der Waals surface area contributed by atoms with Crippen LogP contribution in [0.4, 0.5) is 5.82 Å². The molecule has 0 atom stereocenters. The van der Waals surface area contributed by atoms with E-state index in [0.29, 0.717) is 5.82 Å². The molecule has 0 aliphatic carbocycles. The van der Waals surface area contributed by atoms with Crippen LogP contribution in [-0.4, -0.2) is 9.97 Å². The van der Waals surface area contributed by atoms with Crippen molar-refractivity contribution in [1.82, 2.24) is 9.97 Å². The molecule has 19 heavy (non-hydrogen) atoms. The van der Waals surface area contributed by atoms with Crippen molar-refractivity contribution in [1.29, 1.82) is 0 Å². The average molecular weight is 361 g/mol. The summed E-state index contributed by atoms with van der Waals surface area (Å²) in [6.45, 7) is 1.99. The van der Waals surface area contributed by atoms with Crippen molar-refractivity contribution in [3.05, 3.63) is 52.0 Å². The first-order valence-corrected chi connectivity index (χ1v) is 7.00. The van der Waals surface area contributed by atoms with Crippen LogP contribution >= 0.6 is 22.6 Å². The van der Waals surface area contributed by atoms with Crippen LogP contribution in [0.5, 0.6) is 0 Å². The van der Waals surface area contributed by atoms with Crippen molar-refractivity contribution < 1.29 is 0 Å². The van der Waals surface area contributed by atoms with Gasteiger partial charge in [-0.25, -0.2) is 4.98 Å². The number of nitrogen functional groups attached to an aromatic ring is 1. The molecule has 0 unspecified atom stereocenters. The summed E-state index contributed by atoms with van der Waals surface area (Å²) in [4.78, 5) is 8.54. The van der Waals surface area contributed by atoms with E-state index >= 15 is 0 Å². The highest BCUT2D eigenvalue weighted by molar-refractivity contribution is 14.1. The summed E-state index contributed by atoms with van der Waals surface area (Å²) in [7, 11) is 0. The van der Waals surface area contributed by atoms with Gasteiger partial charge in [0.1, 0.15) is 5.82 Å². The second kappa shape index (κ2) is 4.77. The summed E-state index contributed by atoms with van der Waals surface area (Å²) in [5.74, 6) is 0.581. The van der Waals surface area contributed by atoms with Crippen molar-refractivity contribution in [2.75, 3.05) is 5.73 Å². The number of rotatable bonds is 1. The van der Waals surface area contributed by atoms with Gasteiger partial charge in [0.05, 0.1) is 3.57 Å². The van der Waals surface area contributed by atoms with Crippen molar-refractivity contribution in [2.45, 2.75) is 6.92 Å². The first-order valence-electron chi connectivity index (χ1n) is 5.92. The summed E-state index contributed by atoms with van der Waals surface area (Å²) in [5.41, 5.74) is 9.10. The Hall–Kier alpha value is -1.69. The van der Waals surface area contributed by atoms with Gasteiger partial charge in [-0.2, -0.15) is 0 Å². The maximum Gasteiger partial charge on any atom is 0.137 e. The first-order chi connectivity index (χ1) is 9.15. The Morgan fingerprint density at radius 3 is 2.53 bits per heavy atom. The third kappa shape index (κ3) is 2.28. The van der Waals surface area contributed by atoms with E-state index in [4.69, 9.17) is 5.73 Å². The molecular weight excluding hydrogens is 349 g/mol. The second-order valence-corrected chi connectivity index (χ2v) is 5.53. The van der Waals surface area contributed by atoms with Gasteiger partial charge >= 0.3 is 0 Å². The van der Waals surface area contributed by atoms with Gasteiger partial charge in [0.25, 0.3) is 0 Å². The van der Waals surface area contributed by atoms with Crippen molar-refractivity contribution in [3.8, 4) is 11.1 Å². The molecule has 0 aliphatic rings. The monoisotopic (exact) mass is 361 g/mol. The number of nitrogens with two attached hydrogens (primary N) is 1. The molecule has 0 saturated carbocycles. The Kier molecular flexibility index (Phi) is 3.10. The Morgan fingerprint density at radius 2 is 1.79 bits per heavy atom. The number of fused-ring (bicyclic) bond motifs is 1. The Labute approximate surface area is 125 Å². The molecule has 94 valence electrons. The smallest absolute Gasteiger partial charge is 0.137 e. The number of pyridine rings is 2. The summed E-state index contributed by atoms with van der Waals surface area (Å²) in [6.07, 6.45) is 3.71. The second-order valence-electron chi connectivity index (χ2n) is 4.45. The normalized spacial score (nSPS) is 10.8. The van der Waals surface area contributed by atoms with Crippen LogP contribution in [0.2, 0.25) is 0 Å². The van der Waals surface area contributed by atoms with Gasteiger partial charge < -0.3 is 5.73 Å². The molecule has 0 aliphatic heterocycles. The van der Waals surface area contributed by atoms with E-state index in [0.717, 1.165) is 31.2 Å². The fourth-order valence-electron chi connectivity index (χ4n) is 2.02. The predicted molar refractivity (Wildman–Crippen MR) is 86.8 cm³/mol. The molecule has 0 fully saturated rings. The highest BCUT2D eigenvalue weighted by atomic mass is 127. The number of anilines is 1. The lowest BCUT2D eigenvalue weighted by Crippen LogP contribution is -1.94. The van der Waals surface area contributed by atoms with Gasteiger partial charge in [-0.1, -0.05) is 18.2 Å². The lowest BCUT2D eigenvalue weighted by Gasteiger charge is -2.06. The van der Waals surface area contributed by atoms with Gasteiger partial charge in [0, 0.05) is 34.4 Å². The minimum Gasteiger partial charge on any atom is -0.383 e. The zero-order chi connectivity index (χ0) is 13.4. The molecule has 3 rings (SSSR count). The fourth-order valence-corrected chi connectivity index (χ4v) is 2.65. The lowest BCUT2D eigenvalue weighted by molar-refractivity contribution is 1.20. The number of halogens is 1. The van der Waals surface area contributed by atoms with Crippen LogP contribution in [-0.2, 0) is 0 Å². The number of benzene rings is 1. The van der Waals surface area contributed by atoms with E-state index in [1.807, 2.05) is 25.4 Å². The minimum absolute atomic E-state index is 0.581. The SMILES string of the molecule is Cc1ccc(-c2ccc3c(I)c(N)ncc3c2)cn1. The predicted octanol–water partition coefficient (Wildman–Crippen LogP) is 3.79. The molecule has 0 bridgehead atoms. The summed E-state index contributed by atoms with van der Waals surface area (Å²) in [5, 5.41) is 2.23. The molecule has 3 aromatic rings. The average Bonchev–Trinajstić information content (AvgIpc) is 2.43. The van der Waals surface area contributed by atoms with Crippen LogP contribution in [0.1, 0.15) is 5.69 Å². The Balaban J connectivity index is 2.17. The maximum atomic E-state index is 5.82. The lowest BCUT2D eigenvalue weighted by atomic mass is 10.0. The highest BCUT2D eigenvalue weighted by Crippen LogP contribution is 2.28. The van der Waals surface area contributed by atoms with Gasteiger partial charge in [0.2, 0.25) is 0 Å². The van der Waals surface area contributed by atoms with E-state index in [2.05, 4.69) is 56.8 Å². The van der Waals surface area contributed by atoms with E-state index in [-0.39, 0.29) is 0 Å². The van der Waals surface area contributed by atoms with E-state index in [1.54, 1.807) is 0 Å². The number of hydrogen-bond acceptors (Lipinski definition) is 3. The molecule has 2 heterocycles. The highest BCUT2D eigenvalue weighted by Gasteiger charge is 2.05. The topological polar surface area (TPSA) is 51.8 Å². The van der Waals surface area contributed by atoms with Crippen LogP contribution in [0.25, 0.3) is 21.9 Å². The van der Waals surface area contributed by atoms with Gasteiger partial charge in [-0.3, -0.25) is 4.98 Å². The van der Waals surface area contributed by atoms with Gasteiger partial charge in [-0.05, 0) is 47.2 Å². The van der Waals surface area contributed by atoms with Crippen LogP contribution in [0, 0.1) is 10.5 Å². The fraction of sp³-hybridized carbons (Fsp3) is 0.0667. The Bertz CT molecular complexity index is 751. The maximum absolute atomic E-state index is 5.82. The molecule has 3 nitrogen and oxygen atoms in total. The molecule has 0 radical (unpaired) electrons. The number of aromatic nitrogens is 2. The standard InChI is InChI=1S/C15H12IN3/c1-9-2-3-11(7-18-9)10-4-5-13-12(6-10)8-19-15(17)14(13)16/h2-8H,1H3,(H2,17,19). The number of nitrogens with zero attached hydrogens (tertiary/aromatic N) is 2. The molecule has 2 N–H and O–H groups in total. The molecule has 4 heteroatoms. The first kappa shape index (κ1) is 12.3. The number of aryl methyl sites for hydroxylation is 1. The summed E-state index contributed by atoms with van der Waals surface area (Å²) < 4.78 is 1.00. The molecule has 0 saturated heterocycles. The molecule has 0 amide bonds. The van der Waals surface area contributed by atoms with Crippen LogP contribution < -0.4 is 5.73 Å². The molecule has 0 spiro atoms.